The van der Waals surface area contributed by atoms with Gasteiger partial charge in [0.1, 0.15) is 11.9 Å². The van der Waals surface area contributed by atoms with Crippen LogP contribution in [0.4, 0.5) is 0 Å². The van der Waals surface area contributed by atoms with Crippen LogP contribution in [0.1, 0.15) is 11.7 Å². The Bertz CT molecular complexity index is 393. The molecule has 1 aromatic carbocycles. The number of aromatic hydroxyl groups is 1. The third-order valence-corrected chi connectivity index (χ3v) is 2.37. The molecule has 1 aromatic rings. The molecule has 2 unspecified atom stereocenters. The van der Waals surface area contributed by atoms with Gasteiger partial charge in [-0.3, -0.25) is 0 Å². The van der Waals surface area contributed by atoms with Crippen molar-refractivity contribution >= 4 is 17.6 Å². The third-order valence-electron chi connectivity index (χ3n) is 2.05. The maximum Gasteiger partial charge on any atom is 0.337 e. The fourth-order valence-electron chi connectivity index (χ4n) is 1.15. The van der Waals surface area contributed by atoms with E-state index in [1.165, 1.54) is 18.2 Å². The zero-order valence-electron chi connectivity index (χ0n) is 8.42. The molecule has 0 aliphatic carbocycles. The monoisotopic (exact) mass is 246 g/mol. The summed E-state index contributed by atoms with van der Waals surface area (Å²) in [5, 5.41) is 28.4. The Morgan fingerprint density at radius 2 is 2.06 bits per heavy atom. The van der Waals surface area contributed by atoms with Crippen molar-refractivity contribution < 1.29 is 24.9 Å². The normalized spacial score (nSPS) is 14.2. The highest BCUT2D eigenvalue weighted by Gasteiger charge is 2.26. The summed E-state index contributed by atoms with van der Waals surface area (Å²) in [4.78, 5) is 11.0. The first-order valence-corrected chi connectivity index (χ1v) is 4.77. The molecule has 3 N–H and O–H groups in total. The molecule has 16 heavy (non-hydrogen) atoms. The molecule has 0 spiro atoms. The van der Waals surface area contributed by atoms with Gasteiger partial charge >= 0.3 is 5.97 Å². The Balaban J connectivity index is 2.91. The fraction of sp³-hybridized carbons (Fsp3) is 0.300. The average molecular weight is 247 g/mol. The molecule has 0 bridgehead atoms. The van der Waals surface area contributed by atoms with Crippen LogP contribution in [0.25, 0.3) is 0 Å². The number of aliphatic hydroxyl groups excluding tert-OH is 2. The highest BCUT2D eigenvalue weighted by Crippen LogP contribution is 2.28. The van der Waals surface area contributed by atoms with Crippen LogP contribution < -0.4 is 0 Å². The van der Waals surface area contributed by atoms with Crippen LogP contribution in [-0.4, -0.2) is 34.5 Å². The molecule has 0 heterocycles. The number of benzene rings is 1. The first-order valence-electron chi connectivity index (χ1n) is 4.39. The Labute approximate surface area is 96.9 Å². The minimum Gasteiger partial charge on any atom is -0.506 e. The van der Waals surface area contributed by atoms with Gasteiger partial charge < -0.3 is 20.1 Å². The van der Waals surface area contributed by atoms with Gasteiger partial charge in [0.05, 0.1) is 12.1 Å². The number of hydrogen-bond donors (Lipinski definition) is 3. The number of hydrogen-bond acceptors (Lipinski definition) is 5. The Kier molecular flexibility index (Phi) is 4.12. The summed E-state index contributed by atoms with van der Waals surface area (Å²) in [6, 6.07) is 3.90. The van der Waals surface area contributed by atoms with Crippen LogP contribution in [0.2, 0.25) is 5.02 Å². The molecule has 0 saturated heterocycles. The van der Waals surface area contributed by atoms with Gasteiger partial charge in [-0.2, -0.15) is 0 Å². The van der Waals surface area contributed by atoms with Crippen LogP contribution in [0.15, 0.2) is 18.2 Å². The summed E-state index contributed by atoms with van der Waals surface area (Å²) in [6.45, 7) is 0. The van der Waals surface area contributed by atoms with E-state index in [9.17, 15) is 20.1 Å². The number of ether oxygens (including phenoxy) is 1. The van der Waals surface area contributed by atoms with Gasteiger partial charge in [0.2, 0.25) is 0 Å². The minimum atomic E-state index is -1.70. The lowest BCUT2D eigenvalue weighted by molar-refractivity contribution is -0.156. The van der Waals surface area contributed by atoms with Crippen LogP contribution in [0.3, 0.4) is 0 Å². The lowest BCUT2D eigenvalue weighted by atomic mass is 10.0. The number of carbonyl (C=O) groups is 1. The van der Waals surface area contributed by atoms with E-state index in [0.717, 1.165) is 7.11 Å². The van der Waals surface area contributed by atoms with Crippen molar-refractivity contribution in [3.05, 3.63) is 28.8 Å². The molecule has 0 aliphatic rings. The average Bonchev–Trinajstić information content (AvgIpc) is 2.29. The predicted octanol–water partition coefficient (Wildman–Crippen LogP) is 0.613. The zero-order valence-corrected chi connectivity index (χ0v) is 9.18. The largest absolute Gasteiger partial charge is 0.506 e. The molecule has 0 amide bonds. The molecule has 0 saturated carbocycles. The van der Waals surface area contributed by atoms with E-state index in [4.69, 9.17) is 11.6 Å². The van der Waals surface area contributed by atoms with Crippen LogP contribution in [0, 0.1) is 0 Å². The van der Waals surface area contributed by atoms with Crippen LogP contribution in [-0.2, 0) is 9.53 Å². The molecule has 0 aromatic heterocycles. The van der Waals surface area contributed by atoms with E-state index < -0.39 is 18.2 Å². The second-order valence-electron chi connectivity index (χ2n) is 3.12. The third kappa shape index (κ3) is 2.63. The van der Waals surface area contributed by atoms with E-state index in [1.807, 2.05) is 0 Å². The molecule has 0 aliphatic heterocycles. The minimum absolute atomic E-state index is 0.114. The summed E-state index contributed by atoms with van der Waals surface area (Å²) >= 11 is 5.57. The summed E-state index contributed by atoms with van der Waals surface area (Å²) in [6.07, 6.45) is -3.18. The number of esters is 1. The molecule has 2 atom stereocenters. The molecule has 5 nitrogen and oxygen atoms in total. The van der Waals surface area contributed by atoms with Crippen molar-refractivity contribution in [2.45, 2.75) is 12.2 Å². The number of phenolic OH excluding ortho intramolecular Hbond substituents is 1. The zero-order chi connectivity index (χ0) is 12.3. The number of phenols is 1. The van der Waals surface area contributed by atoms with Crippen molar-refractivity contribution in [2.24, 2.45) is 0 Å². The number of halogens is 1. The van der Waals surface area contributed by atoms with Gasteiger partial charge in [0.15, 0.2) is 6.10 Å². The van der Waals surface area contributed by atoms with E-state index in [2.05, 4.69) is 4.74 Å². The molecule has 88 valence electrons. The maximum atomic E-state index is 11.0. The lowest BCUT2D eigenvalue weighted by Crippen LogP contribution is -2.28. The fourth-order valence-corrected chi connectivity index (χ4v) is 1.26. The van der Waals surface area contributed by atoms with Crippen LogP contribution in [0.5, 0.6) is 5.75 Å². The standard InChI is InChI=1S/C10H11ClO5/c1-16-10(15)9(14)8(13)5-2-3-6(11)7(12)4-5/h2-4,8-9,12-14H,1H3. The van der Waals surface area contributed by atoms with Gasteiger partial charge in [0, 0.05) is 0 Å². The molecular formula is C10H11ClO5. The predicted molar refractivity (Wildman–Crippen MR) is 56.1 cm³/mol. The topological polar surface area (TPSA) is 87.0 Å². The molecular weight excluding hydrogens is 236 g/mol. The number of carbonyl (C=O) groups excluding carboxylic acids is 1. The molecule has 6 heteroatoms. The van der Waals surface area contributed by atoms with Gasteiger partial charge in [-0.1, -0.05) is 17.7 Å². The number of aliphatic hydroxyl groups is 2. The summed E-state index contributed by atoms with van der Waals surface area (Å²) in [5.74, 6) is -1.20. The van der Waals surface area contributed by atoms with E-state index in [0.29, 0.717) is 0 Å². The van der Waals surface area contributed by atoms with Gasteiger partial charge in [0.25, 0.3) is 0 Å². The Morgan fingerprint density at radius 3 is 2.56 bits per heavy atom. The quantitative estimate of drug-likeness (QED) is 0.681. The summed E-state index contributed by atoms with van der Waals surface area (Å²) in [5.41, 5.74) is 0.166. The number of methoxy groups -OCH3 is 1. The highest BCUT2D eigenvalue weighted by atomic mass is 35.5. The number of rotatable bonds is 3. The Morgan fingerprint density at radius 1 is 1.44 bits per heavy atom. The van der Waals surface area contributed by atoms with Crippen molar-refractivity contribution in [3.63, 3.8) is 0 Å². The summed E-state index contributed by atoms with van der Waals surface area (Å²) in [7, 11) is 1.09. The Hall–Kier alpha value is -1.30. The first kappa shape index (κ1) is 12.8. The van der Waals surface area contributed by atoms with E-state index in [-0.39, 0.29) is 16.3 Å². The van der Waals surface area contributed by atoms with Crippen molar-refractivity contribution in [3.8, 4) is 5.75 Å². The van der Waals surface area contributed by atoms with Crippen molar-refractivity contribution in [1.82, 2.24) is 0 Å². The summed E-state index contributed by atoms with van der Waals surface area (Å²) < 4.78 is 4.27. The maximum absolute atomic E-state index is 11.0. The van der Waals surface area contributed by atoms with E-state index in [1.54, 1.807) is 0 Å². The van der Waals surface area contributed by atoms with Crippen molar-refractivity contribution in [1.29, 1.82) is 0 Å². The molecule has 1 rings (SSSR count). The molecule has 0 radical (unpaired) electrons. The highest BCUT2D eigenvalue weighted by molar-refractivity contribution is 6.32. The van der Waals surface area contributed by atoms with Crippen LogP contribution >= 0.6 is 11.6 Å². The van der Waals surface area contributed by atoms with Gasteiger partial charge in [-0.15, -0.1) is 0 Å². The molecule has 0 fully saturated rings. The second kappa shape index (κ2) is 5.16. The SMILES string of the molecule is COC(=O)C(O)C(O)c1ccc(Cl)c(O)c1. The van der Waals surface area contributed by atoms with E-state index >= 15 is 0 Å². The van der Waals surface area contributed by atoms with Crippen molar-refractivity contribution in [2.75, 3.05) is 7.11 Å². The first-order chi connectivity index (χ1) is 7.47. The van der Waals surface area contributed by atoms with Gasteiger partial charge in [-0.25, -0.2) is 4.79 Å². The second-order valence-corrected chi connectivity index (χ2v) is 3.53. The lowest BCUT2D eigenvalue weighted by Gasteiger charge is -2.16. The van der Waals surface area contributed by atoms with Gasteiger partial charge in [-0.05, 0) is 17.7 Å². The smallest absolute Gasteiger partial charge is 0.337 e.